The number of rotatable bonds is 48. The second-order valence-corrected chi connectivity index (χ2v) is 17.8. The van der Waals surface area contributed by atoms with Crippen molar-refractivity contribution < 1.29 is 28.6 Å². The molecule has 0 aromatic heterocycles. The highest BCUT2D eigenvalue weighted by atomic mass is 16.6. The Bertz CT molecular complexity index is 1090. The highest BCUT2D eigenvalue weighted by Gasteiger charge is 2.19. The molecule has 6 nitrogen and oxygen atoms in total. The van der Waals surface area contributed by atoms with Crippen molar-refractivity contribution in [2.75, 3.05) is 13.2 Å². The third kappa shape index (κ3) is 48.4. The molecule has 0 fully saturated rings. The fraction of sp³-hybridized carbons (Fsp3) is 0.804. The van der Waals surface area contributed by atoms with Crippen LogP contribution in [-0.2, 0) is 28.6 Å². The zero-order valence-electron chi connectivity index (χ0n) is 41.1. The molecule has 0 radical (unpaired) electrons. The van der Waals surface area contributed by atoms with Gasteiger partial charge < -0.3 is 14.2 Å². The maximum Gasteiger partial charge on any atom is 0.306 e. The van der Waals surface area contributed by atoms with Gasteiger partial charge in [-0.3, -0.25) is 14.4 Å². The van der Waals surface area contributed by atoms with E-state index in [1.54, 1.807) is 0 Å². The van der Waals surface area contributed by atoms with Crippen LogP contribution >= 0.6 is 0 Å². The van der Waals surface area contributed by atoms with Gasteiger partial charge in [-0.2, -0.15) is 0 Å². The molecule has 0 aromatic carbocycles. The van der Waals surface area contributed by atoms with Crippen molar-refractivity contribution in [2.45, 2.75) is 277 Å². The summed E-state index contributed by atoms with van der Waals surface area (Å²) in [5, 5.41) is 0. The van der Waals surface area contributed by atoms with E-state index in [4.69, 9.17) is 14.2 Å². The van der Waals surface area contributed by atoms with Crippen molar-refractivity contribution in [3.8, 4) is 0 Å². The predicted octanol–water partition coefficient (Wildman–Crippen LogP) is 17.5. The van der Waals surface area contributed by atoms with Crippen molar-refractivity contribution in [2.24, 2.45) is 0 Å². The Kier molecular flexibility index (Phi) is 48.8. The molecule has 360 valence electrons. The van der Waals surface area contributed by atoms with Crippen molar-refractivity contribution in [3.63, 3.8) is 0 Å². The van der Waals surface area contributed by atoms with E-state index in [9.17, 15) is 14.4 Å². The molecule has 62 heavy (non-hydrogen) atoms. The number of unbranched alkanes of at least 4 members (excludes halogenated alkanes) is 29. The Morgan fingerprint density at radius 3 is 1.00 bits per heavy atom. The van der Waals surface area contributed by atoms with Crippen molar-refractivity contribution in [3.05, 3.63) is 48.6 Å². The fourth-order valence-corrected chi connectivity index (χ4v) is 7.51. The first-order valence-electron chi connectivity index (χ1n) is 26.6. The van der Waals surface area contributed by atoms with Gasteiger partial charge in [0.15, 0.2) is 6.10 Å². The van der Waals surface area contributed by atoms with Gasteiger partial charge in [0.25, 0.3) is 0 Å². The Hall–Kier alpha value is -2.63. The van der Waals surface area contributed by atoms with Gasteiger partial charge in [-0.1, -0.05) is 223 Å². The molecule has 0 bridgehead atoms. The summed E-state index contributed by atoms with van der Waals surface area (Å²) in [7, 11) is 0. The average Bonchev–Trinajstić information content (AvgIpc) is 3.27. The fourth-order valence-electron chi connectivity index (χ4n) is 7.51. The van der Waals surface area contributed by atoms with Crippen LogP contribution in [-0.4, -0.2) is 37.2 Å². The molecular weight excluding hydrogens is 769 g/mol. The molecule has 0 saturated carbocycles. The van der Waals surface area contributed by atoms with Gasteiger partial charge in [0.05, 0.1) is 0 Å². The van der Waals surface area contributed by atoms with E-state index < -0.39 is 6.10 Å². The lowest BCUT2D eigenvalue weighted by Gasteiger charge is -2.18. The Labute approximate surface area is 384 Å². The maximum atomic E-state index is 12.8. The Morgan fingerprint density at radius 1 is 0.323 bits per heavy atom. The number of ether oxygens (including phenoxy) is 3. The monoisotopic (exact) mass is 869 g/mol. The van der Waals surface area contributed by atoms with Crippen LogP contribution in [0.5, 0.6) is 0 Å². The third-order valence-electron chi connectivity index (χ3n) is 11.6. The molecule has 0 aromatic rings. The molecular formula is C56H100O6. The van der Waals surface area contributed by atoms with Gasteiger partial charge in [-0.25, -0.2) is 0 Å². The van der Waals surface area contributed by atoms with Gasteiger partial charge in [-0.05, 0) is 77.0 Å². The zero-order chi connectivity index (χ0) is 45.1. The Balaban J connectivity index is 4.42. The summed E-state index contributed by atoms with van der Waals surface area (Å²) in [5.74, 6) is -0.939. The predicted molar refractivity (Wildman–Crippen MR) is 265 cm³/mol. The summed E-state index contributed by atoms with van der Waals surface area (Å²) in [4.78, 5) is 38.0. The summed E-state index contributed by atoms with van der Waals surface area (Å²) < 4.78 is 16.8. The molecule has 0 spiro atoms. The summed E-state index contributed by atoms with van der Waals surface area (Å²) in [6.07, 6.45) is 61.0. The number of carbonyl (C=O) groups is 3. The van der Waals surface area contributed by atoms with Crippen LogP contribution < -0.4 is 0 Å². The smallest absolute Gasteiger partial charge is 0.306 e. The number of hydrogen-bond acceptors (Lipinski definition) is 6. The quantitative estimate of drug-likeness (QED) is 0.0262. The Morgan fingerprint density at radius 2 is 0.597 bits per heavy atom. The lowest BCUT2D eigenvalue weighted by atomic mass is 10.0. The largest absolute Gasteiger partial charge is 0.462 e. The van der Waals surface area contributed by atoms with Crippen LogP contribution in [0.2, 0.25) is 0 Å². The van der Waals surface area contributed by atoms with E-state index in [2.05, 4.69) is 69.4 Å². The van der Waals surface area contributed by atoms with Crippen molar-refractivity contribution in [1.29, 1.82) is 0 Å². The lowest BCUT2D eigenvalue weighted by Crippen LogP contribution is -2.30. The van der Waals surface area contributed by atoms with Gasteiger partial charge in [0, 0.05) is 19.3 Å². The molecule has 0 unspecified atom stereocenters. The van der Waals surface area contributed by atoms with Crippen LogP contribution in [0.15, 0.2) is 48.6 Å². The van der Waals surface area contributed by atoms with E-state index in [1.807, 2.05) is 0 Å². The molecule has 0 saturated heterocycles. The molecule has 6 heteroatoms. The highest BCUT2D eigenvalue weighted by molar-refractivity contribution is 5.71. The normalized spacial score (nSPS) is 12.4. The number of hydrogen-bond donors (Lipinski definition) is 0. The maximum absolute atomic E-state index is 12.8. The molecule has 1 atom stereocenters. The summed E-state index contributed by atoms with van der Waals surface area (Å²) >= 11 is 0. The van der Waals surface area contributed by atoms with Gasteiger partial charge in [-0.15, -0.1) is 0 Å². The van der Waals surface area contributed by atoms with Crippen LogP contribution in [0.3, 0.4) is 0 Å². The summed E-state index contributed by atoms with van der Waals surface area (Å²) in [5.41, 5.74) is 0. The van der Waals surface area contributed by atoms with E-state index in [-0.39, 0.29) is 31.1 Å². The number of allylic oxidation sites excluding steroid dienone is 8. The van der Waals surface area contributed by atoms with Gasteiger partial charge in [0.1, 0.15) is 13.2 Å². The highest BCUT2D eigenvalue weighted by Crippen LogP contribution is 2.15. The number of carbonyl (C=O) groups excluding carboxylic acids is 3. The first-order chi connectivity index (χ1) is 30.5. The molecule has 0 N–H and O–H groups in total. The van der Waals surface area contributed by atoms with Crippen molar-refractivity contribution >= 4 is 17.9 Å². The standard InChI is InChI=1S/C56H100O6/c1-4-7-10-13-16-19-22-25-27-28-30-32-35-37-40-43-46-49-55(58)61-52-53(62-56(59)50-47-44-41-38-33-24-21-18-15-12-9-6-3)51-60-54(57)48-45-42-39-36-34-31-29-26-23-20-17-14-11-8-5-2/h20,23,25,27,30,32,37,40,53H,4-19,21-22,24,26,28-29,31,33-36,38-39,41-52H2,1-3H3/b23-20-,27-25-,32-30-,40-37-/t53-/m0/s1. The van der Waals surface area contributed by atoms with Crippen LogP contribution in [0.1, 0.15) is 271 Å². The minimum atomic E-state index is -0.791. The van der Waals surface area contributed by atoms with Gasteiger partial charge in [0.2, 0.25) is 0 Å². The second-order valence-electron chi connectivity index (χ2n) is 17.8. The summed E-state index contributed by atoms with van der Waals surface area (Å²) in [6, 6.07) is 0. The van der Waals surface area contributed by atoms with E-state index in [1.165, 1.54) is 167 Å². The molecule has 0 rings (SSSR count). The lowest BCUT2D eigenvalue weighted by molar-refractivity contribution is -0.167. The van der Waals surface area contributed by atoms with E-state index in [0.717, 1.165) is 57.8 Å². The first kappa shape index (κ1) is 59.4. The molecule has 0 amide bonds. The second kappa shape index (κ2) is 51.0. The van der Waals surface area contributed by atoms with Crippen LogP contribution in [0.25, 0.3) is 0 Å². The molecule has 0 aliphatic rings. The molecule has 0 heterocycles. The van der Waals surface area contributed by atoms with Crippen LogP contribution in [0, 0.1) is 0 Å². The third-order valence-corrected chi connectivity index (χ3v) is 11.6. The minimum Gasteiger partial charge on any atom is -0.462 e. The van der Waals surface area contributed by atoms with Gasteiger partial charge >= 0.3 is 17.9 Å². The van der Waals surface area contributed by atoms with E-state index in [0.29, 0.717) is 25.7 Å². The first-order valence-corrected chi connectivity index (χ1v) is 26.6. The molecule has 0 aliphatic heterocycles. The average molecular weight is 869 g/mol. The van der Waals surface area contributed by atoms with Crippen molar-refractivity contribution in [1.82, 2.24) is 0 Å². The zero-order valence-corrected chi connectivity index (χ0v) is 41.1. The summed E-state index contributed by atoms with van der Waals surface area (Å²) in [6.45, 7) is 6.58. The topological polar surface area (TPSA) is 78.9 Å². The molecule has 0 aliphatic carbocycles. The van der Waals surface area contributed by atoms with Crippen LogP contribution in [0.4, 0.5) is 0 Å². The minimum absolute atomic E-state index is 0.0886. The number of esters is 3. The SMILES string of the molecule is CCCCCC/C=C\CCCCCCCCCC(=O)OC[C@@H](COC(=O)CCC/C=C\C/C=C\C/C=C\CCCCCCCC)OC(=O)CCCCCCCCCCCCCC. The van der Waals surface area contributed by atoms with E-state index >= 15 is 0 Å².